The van der Waals surface area contributed by atoms with Crippen molar-refractivity contribution < 1.29 is 19.5 Å². The first-order valence-corrected chi connectivity index (χ1v) is 6.83. The van der Waals surface area contributed by atoms with Gasteiger partial charge in [-0.25, -0.2) is 0 Å². The number of aliphatic carboxylic acids is 1. The van der Waals surface area contributed by atoms with Gasteiger partial charge in [0.15, 0.2) is 0 Å². The van der Waals surface area contributed by atoms with Crippen LogP contribution in [0.25, 0.3) is 0 Å². The minimum atomic E-state index is -1.22. The number of amides is 2. The summed E-state index contributed by atoms with van der Waals surface area (Å²) in [5.41, 5.74) is 0. The Morgan fingerprint density at radius 3 is 2.16 bits per heavy atom. The van der Waals surface area contributed by atoms with Crippen LogP contribution in [0.15, 0.2) is 12.2 Å². The lowest BCUT2D eigenvalue weighted by molar-refractivity contribution is -0.305. The molecule has 2 amide bonds. The number of rotatable bonds is 3. The van der Waals surface area contributed by atoms with Gasteiger partial charge in [-0.05, 0) is 30.1 Å². The van der Waals surface area contributed by atoms with Crippen LogP contribution < -0.4 is 5.11 Å². The maximum Gasteiger partial charge on any atom is 0.233 e. The number of imide groups is 1. The van der Waals surface area contributed by atoms with E-state index in [-0.39, 0.29) is 48.5 Å². The molecule has 2 saturated carbocycles. The summed E-state index contributed by atoms with van der Waals surface area (Å²) in [7, 11) is 0. The Labute approximate surface area is 110 Å². The highest BCUT2D eigenvalue weighted by Gasteiger charge is 2.66. The fourth-order valence-corrected chi connectivity index (χ4v) is 4.44. The van der Waals surface area contributed by atoms with E-state index in [1.54, 1.807) is 0 Å². The largest absolute Gasteiger partial charge is 0.550 e. The lowest BCUT2D eigenvalue weighted by atomic mass is 9.63. The normalized spacial score (nSPS) is 45.4. The Bertz CT molecular complexity index is 490. The average Bonchev–Trinajstić information content (AvgIpc) is 3.14. The number of carbonyl (C=O) groups is 3. The zero-order valence-corrected chi connectivity index (χ0v) is 10.3. The van der Waals surface area contributed by atoms with Gasteiger partial charge in [0.2, 0.25) is 11.8 Å². The van der Waals surface area contributed by atoms with E-state index < -0.39 is 5.97 Å². The van der Waals surface area contributed by atoms with Crippen molar-refractivity contribution in [2.75, 3.05) is 6.54 Å². The van der Waals surface area contributed by atoms with E-state index in [2.05, 4.69) is 12.2 Å². The molecule has 5 heteroatoms. The highest BCUT2D eigenvalue weighted by molar-refractivity contribution is 6.06. The molecule has 2 bridgehead atoms. The Balaban J connectivity index is 1.63. The van der Waals surface area contributed by atoms with E-state index in [0.717, 1.165) is 11.3 Å². The van der Waals surface area contributed by atoms with Crippen LogP contribution in [0, 0.1) is 35.5 Å². The topological polar surface area (TPSA) is 77.5 Å². The van der Waals surface area contributed by atoms with Gasteiger partial charge in [0.05, 0.1) is 11.8 Å². The molecule has 3 fully saturated rings. The van der Waals surface area contributed by atoms with Crippen molar-refractivity contribution in [3.05, 3.63) is 12.2 Å². The molecule has 1 aliphatic heterocycles. The number of carbonyl (C=O) groups excluding carboxylic acids is 3. The fraction of sp³-hybridized carbons (Fsp3) is 0.643. The summed E-state index contributed by atoms with van der Waals surface area (Å²) >= 11 is 0. The van der Waals surface area contributed by atoms with Crippen molar-refractivity contribution in [1.82, 2.24) is 4.90 Å². The number of carboxylic acid groups (broad SMARTS) is 1. The van der Waals surface area contributed by atoms with Crippen LogP contribution in [0.4, 0.5) is 0 Å². The quantitative estimate of drug-likeness (QED) is 0.490. The zero-order valence-electron chi connectivity index (χ0n) is 10.3. The lowest BCUT2D eigenvalue weighted by Gasteiger charge is -2.37. The molecule has 1 heterocycles. The van der Waals surface area contributed by atoms with Crippen LogP contribution in [0.1, 0.15) is 12.8 Å². The lowest BCUT2D eigenvalue weighted by Crippen LogP contribution is -2.40. The van der Waals surface area contributed by atoms with Gasteiger partial charge in [-0.2, -0.15) is 0 Å². The van der Waals surface area contributed by atoms with Crippen molar-refractivity contribution in [2.24, 2.45) is 35.5 Å². The van der Waals surface area contributed by atoms with Gasteiger partial charge in [0.25, 0.3) is 0 Å². The molecule has 5 rings (SSSR count). The molecular formula is C14H14NO4-. The van der Waals surface area contributed by atoms with E-state index in [0.29, 0.717) is 11.8 Å². The zero-order chi connectivity index (χ0) is 13.3. The third-order valence-electron chi connectivity index (χ3n) is 5.29. The second-order valence-corrected chi connectivity index (χ2v) is 6.10. The average molecular weight is 260 g/mol. The molecule has 0 N–H and O–H groups in total. The number of nitrogens with zero attached hydrogens (tertiary/aromatic N) is 1. The van der Waals surface area contributed by atoms with Gasteiger partial charge in [0.1, 0.15) is 0 Å². The third kappa shape index (κ3) is 1.33. The molecule has 4 aliphatic carbocycles. The van der Waals surface area contributed by atoms with Crippen LogP contribution in [-0.4, -0.2) is 29.2 Å². The number of allylic oxidation sites excluding steroid dienone is 2. The Morgan fingerprint density at radius 2 is 1.68 bits per heavy atom. The number of hydrogen-bond donors (Lipinski definition) is 0. The number of hydrogen-bond acceptors (Lipinski definition) is 4. The predicted octanol–water partition coefficient (Wildman–Crippen LogP) is -0.820. The second-order valence-electron chi connectivity index (χ2n) is 6.10. The van der Waals surface area contributed by atoms with Gasteiger partial charge >= 0.3 is 0 Å². The molecule has 0 spiro atoms. The molecule has 0 aromatic heterocycles. The van der Waals surface area contributed by atoms with E-state index in [4.69, 9.17) is 0 Å². The van der Waals surface area contributed by atoms with E-state index in [9.17, 15) is 19.5 Å². The summed E-state index contributed by atoms with van der Waals surface area (Å²) in [6.45, 7) is -0.0399. The summed E-state index contributed by atoms with van der Waals surface area (Å²) in [5.74, 6) is -0.459. The smallest absolute Gasteiger partial charge is 0.233 e. The fourth-order valence-electron chi connectivity index (χ4n) is 4.44. The highest BCUT2D eigenvalue weighted by atomic mass is 16.4. The Kier molecular flexibility index (Phi) is 2.04. The third-order valence-corrected chi connectivity index (χ3v) is 5.29. The van der Waals surface area contributed by atoms with Crippen LogP contribution in [0.5, 0.6) is 0 Å². The monoisotopic (exact) mass is 260 g/mol. The van der Waals surface area contributed by atoms with Crippen molar-refractivity contribution in [1.29, 1.82) is 0 Å². The van der Waals surface area contributed by atoms with Gasteiger partial charge in [0, 0.05) is 18.9 Å². The van der Waals surface area contributed by atoms with E-state index >= 15 is 0 Å². The standard InChI is InChI=1S/C14H15NO4/c16-10(17)3-4-15-13(18)11-6-1-2-7(9-5-8(6)9)12(11)14(15)19/h1-2,6-9,11-12H,3-5H2,(H,16,17)/p-1/t6-,7+,8+,9-,11-,12+. The van der Waals surface area contributed by atoms with Crippen molar-refractivity contribution in [2.45, 2.75) is 12.8 Å². The first-order valence-electron chi connectivity index (χ1n) is 6.83. The van der Waals surface area contributed by atoms with Crippen molar-refractivity contribution in [3.63, 3.8) is 0 Å². The second kappa shape index (κ2) is 3.46. The molecular weight excluding hydrogens is 246 g/mol. The first-order chi connectivity index (χ1) is 9.09. The Morgan fingerprint density at radius 1 is 1.16 bits per heavy atom. The van der Waals surface area contributed by atoms with Crippen molar-refractivity contribution >= 4 is 17.8 Å². The predicted molar refractivity (Wildman–Crippen MR) is 61.0 cm³/mol. The highest BCUT2D eigenvalue weighted by Crippen LogP contribution is 2.65. The Hall–Kier alpha value is -1.65. The molecule has 0 unspecified atom stereocenters. The summed E-state index contributed by atoms with van der Waals surface area (Å²) < 4.78 is 0. The molecule has 0 radical (unpaired) electrons. The van der Waals surface area contributed by atoms with E-state index in [1.165, 1.54) is 0 Å². The number of likely N-dealkylation sites (tertiary alicyclic amines) is 1. The maximum atomic E-state index is 12.4. The van der Waals surface area contributed by atoms with Crippen LogP contribution >= 0.6 is 0 Å². The molecule has 19 heavy (non-hydrogen) atoms. The first kappa shape index (κ1) is 11.2. The minimum absolute atomic E-state index is 0.0399. The van der Waals surface area contributed by atoms with Gasteiger partial charge in [-0.3, -0.25) is 14.5 Å². The van der Waals surface area contributed by atoms with Gasteiger partial charge in [-0.15, -0.1) is 0 Å². The summed E-state index contributed by atoms with van der Waals surface area (Å²) in [6, 6.07) is 0. The van der Waals surface area contributed by atoms with E-state index in [1.807, 2.05) is 0 Å². The van der Waals surface area contributed by atoms with Crippen molar-refractivity contribution in [3.8, 4) is 0 Å². The van der Waals surface area contributed by atoms with Crippen LogP contribution in [-0.2, 0) is 14.4 Å². The van der Waals surface area contributed by atoms with Crippen LogP contribution in [0.2, 0.25) is 0 Å². The van der Waals surface area contributed by atoms with Gasteiger partial charge < -0.3 is 9.90 Å². The molecule has 0 aromatic rings. The maximum absolute atomic E-state index is 12.4. The van der Waals surface area contributed by atoms with Crippen LogP contribution in [0.3, 0.4) is 0 Å². The molecule has 6 atom stereocenters. The number of carboxylic acids is 1. The summed E-state index contributed by atoms with van der Waals surface area (Å²) in [6.07, 6.45) is 5.07. The summed E-state index contributed by atoms with van der Waals surface area (Å²) in [4.78, 5) is 36.4. The molecule has 5 nitrogen and oxygen atoms in total. The SMILES string of the molecule is O=C([O-])CCN1C(=O)[C@@H]2[C@@H]3C=C[C@@H]([C@H]4C[C@@H]34)[C@@H]2C1=O. The molecule has 100 valence electrons. The summed E-state index contributed by atoms with van der Waals surface area (Å²) in [5, 5.41) is 10.5. The molecule has 1 saturated heterocycles. The molecule has 0 aromatic carbocycles. The van der Waals surface area contributed by atoms with Gasteiger partial charge in [-0.1, -0.05) is 12.2 Å². The molecule has 5 aliphatic rings. The minimum Gasteiger partial charge on any atom is -0.550 e.